The molecule has 0 atom stereocenters. The van der Waals surface area contributed by atoms with Crippen molar-refractivity contribution < 1.29 is 22.4 Å². The Labute approximate surface area is 118 Å². The van der Waals surface area contributed by atoms with Gasteiger partial charge in [0, 0.05) is 12.5 Å². The first-order chi connectivity index (χ1) is 9.95. The van der Waals surface area contributed by atoms with Crippen LogP contribution in [-0.4, -0.2) is 5.91 Å². The predicted octanol–water partition coefficient (Wildman–Crippen LogP) is 3.81. The number of anilines is 1. The van der Waals surface area contributed by atoms with Crippen molar-refractivity contribution >= 4 is 11.6 Å². The second-order valence-electron chi connectivity index (χ2n) is 4.42. The van der Waals surface area contributed by atoms with E-state index in [1.165, 1.54) is 6.07 Å². The monoisotopic (exact) mass is 297 g/mol. The van der Waals surface area contributed by atoms with E-state index in [0.29, 0.717) is 11.6 Å². The molecular weight excluding hydrogens is 286 g/mol. The van der Waals surface area contributed by atoms with Gasteiger partial charge in [-0.1, -0.05) is 6.07 Å². The first-order valence-corrected chi connectivity index (χ1v) is 6.14. The molecule has 1 N–H and O–H groups in total. The summed E-state index contributed by atoms with van der Waals surface area (Å²) >= 11 is 0. The van der Waals surface area contributed by atoms with Crippen LogP contribution in [0.2, 0.25) is 0 Å². The molecule has 21 heavy (non-hydrogen) atoms. The van der Waals surface area contributed by atoms with Crippen molar-refractivity contribution in [2.45, 2.75) is 12.8 Å². The largest absolute Gasteiger partial charge is 0.324 e. The first kappa shape index (κ1) is 15.0. The average molecular weight is 297 g/mol. The van der Waals surface area contributed by atoms with E-state index >= 15 is 0 Å². The minimum Gasteiger partial charge on any atom is -0.324 e. The molecular formula is C15H11F4NO. The van der Waals surface area contributed by atoms with Crippen LogP contribution in [0.1, 0.15) is 12.0 Å². The fourth-order valence-electron chi connectivity index (χ4n) is 1.76. The quantitative estimate of drug-likeness (QED) is 0.854. The molecule has 110 valence electrons. The second kappa shape index (κ2) is 6.39. The third-order valence-corrected chi connectivity index (χ3v) is 2.83. The molecule has 0 radical (unpaired) electrons. The molecule has 0 fully saturated rings. The molecule has 0 saturated carbocycles. The van der Waals surface area contributed by atoms with Crippen LogP contribution in [0.5, 0.6) is 0 Å². The highest BCUT2D eigenvalue weighted by molar-refractivity contribution is 5.90. The van der Waals surface area contributed by atoms with Gasteiger partial charge in [0.2, 0.25) is 5.91 Å². The van der Waals surface area contributed by atoms with Gasteiger partial charge in [-0.15, -0.1) is 0 Å². The summed E-state index contributed by atoms with van der Waals surface area (Å²) in [5.41, 5.74) is 0.315. The number of hydrogen-bond donors (Lipinski definition) is 1. The molecule has 2 nitrogen and oxygen atoms in total. The van der Waals surface area contributed by atoms with Gasteiger partial charge in [0.15, 0.2) is 11.6 Å². The standard InChI is InChI=1S/C15H11F4NO/c16-10-3-5-14(13(19)8-10)20-15(21)6-2-9-1-4-11(17)12(18)7-9/h1,3-5,7-8H,2,6H2,(H,20,21). The van der Waals surface area contributed by atoms with Gasteiger partial charge in [-0.05, 0) is 36.2 Å². The summed E-state index contributed by atoms with van der Waals surface area (Å²) < 4.78 is 51.7. The van der Waals surface area contributed by atoms with Crippen LogP contribution < -0.4 is 5.32 Å². The lowest BCUT2D eigenvalue weighted by molar-refractivity contribution is -0.116. The van der Waals surface area contributed by atoms with Gasteiger partial charge in [0.1, 0.15) is 11.6 Å². The van der Waals surface area contributed by atoms with Gasteiger partial charge in [0.25, 0.3) is 0 Å². The maximum absolute atomic E-state index is 13.3. The zero-order valence-corrected chi connectivity index (χ0v) is 10.8. The smallest absolute Gasteiger partial charge is 0.224 e. The number of hydrogen-bond acceptors (Lipinski definition) is 1. The third-order valence-electron chi connectivity index (χ3n) is 2.83. The fourth-order valence-corrected chi connectivity index (χ4v) is 1.76. The molecule has 0 aliphatic carbocycles. The molecule has 0 aromatic heterocycles. The van der Waals surface area contributed by atoms with Crippen LogP contribution in [0, 0.1) is 23.3 Å². The molecule has 0 aliphatic rings. The highest BCUT2D eigenvalue weighted by Gasteiger charge is 2.09. The van der Waals surface area contributed by atoms with E-state index in [1.807, 2.05) is 0 Å². The van der Waals surface area contributed by atoms with Gasteiger partial charge in [-0.25, -0.2) is 17.6 Å². The topological polar surface area (TPSA) is 29.1 Å². The van der Waals surface area contributed by atoms with Crippen LogP contribution in [0.25, 0.3) is 0 Å². The van der Waals surface area contributed by atoms with Crippen molar-refractivity contribution in [2.75, 3.05) is 5.32 Å². The Morgan fingerprint density at radius 1 is 0.905 bits per heavy atom. The molecule has 2 rings (SSSR count). The fraction of sp³-hybridized carbons (Fsp3) is 0.133. The number of nitrogens with one attached hydrogen (secondary N) is 1. The van der Waals surface area contributed by atoms with Crippen molar-refractivity contribution in [1.29, 1.82) is 0 Å². The Balaban J connectivity index is 1.94. The lowest BCUT2D eigenvalue weighted by Gasteiger charge is -2.06. The number of carbonyl (C=O) groups is 1. The van der Waals surface area contributed by atoms with Crippen molar-refractivity contribution in [3.63, 3.8) is 0 Å². The Hall–Kier alpha value is -2.37. The number of amides is 1. The highest BCUT2D eigenvalue weighted by Crippen LogP contribution is 2.16. The Morgan fingerprint density at radius 2 is 1.67 bits per heavy atom. The van der Waals surface area contributed by atoms with Crippen molar-refractivity contribution in [3.05, 3.63) is 65.2 Å². The van der Waals surface area contributed by atoms with E-state index in [0.717, 1.165) is 24.3 Å². The maximum Gasteiger partial charge on any atom is 0.224 e. The second-order valence-corrected chi connectivity index (χ2v) is 4.42. The number of rotatable bonds is 4. The van der Waals surface area contributed by atoms with E-state index in [-0.39, 0.29) is 18.5 Å². The molecule has 0 aliphatic heterocycles. The van der Waals surface area contributed by atoms with E-state index in [4.69, 9.17) is 0 Å². The van der Waals surface area contributed by atoms with Crippen molar-refractivity contribution in [1.82, 2.24) is 0 Å². The molecule has 0 unspecified atom stereocenters. The van der Waals surface area contributed by atoms with Crippen molar-refractivity contribution in [3.8, 4) is 0 Å². The molecule has 2 aromatic rings. The van der Waals surface area contributed by atoms with Gasteiger partial charge in [0.05, 0.1) is 5.69 Å². The summed E-state index contributed by atoms with van der Waals surface area (Å²) in [6.07, 6.45) is 0.133. The predicted molar refractivity (Wildman–Crippen MR) is 69.7 cm³/mol. The van der Waals surface area contributed by atoms with Crippen LogP contribution >= 0.6 is 0 Å². The van der Waals surface area contributed by atoms with E-state index in [1.54, 1.807) is 0 Å². The molecule has 0 saturated heterocycles. The van der Waals surface area contributed by atoms with Crippen LogP contribution in [0.4, 0.5) is 23.2 Å². The van der Waals surface area contributed by atoms with Crippen LogP contribution in [0.15, 0.2) is 36.4 Å². The van der Waals surface area contributed by atoms with Crippen LogP contribution in [-0.2, 0) is 11.2 Å². The summed E-state index contributed by atoms with van der Waals surface area (Å²) in [5, 5.41) is 2.29. The summed E-state index contributed by atoms with van der Waals surface area (Å²) in [5.74, 6) is -4.08. The minimum absolute atomic E-state index is 0.0398. The normalized spacial score (nSPS) is 10.5. The Morgan fingerprint density at radius 3 is 2.33 bits per heavy atom. The zero-order chi connectivity index (χ0) is 15.4. The van der Waals surface area contributed by atoms with Gasteiger partial charge in [-0.2, -0.15) is 0 Å². The number of halogens is 4. The van der Waals surface area contributed by atoms with Gasteiger partial charge in [-0.3, -0.25) is 4.79 Å². The van der Waals surface area contributed by atoms with Crippen LogP contribution in [0.3, 0.4) is 0 Å². The molecule has 6 heteroatoms. The van der Waals surface area contributed by atoms with Gasteiger partial charge >= 0.3 is 0 Å². The summed E-state index contributed by atoms with van der Waals surface area (Å²) in [6, 6.07) is 6.13. The SMILES string of the molecule is O=C(CCc1ccc(F)c(F)c1)Nc1ccc(F)cc1F. The lowest BCUT2D eigenvalue weighted by atomic mass is 10.1. The van der Waals surface area contributed by atoms with Gasteiger partial charge < -0.3 is 5.32 Å². The Bertz CT molecular complexity index is 673. The molecule has 2 aromatic carbocycles. The maximum atomic E-state index is 13.3. The third kappa shape index (κ3) is 4.05. The first-order valence-electron chi connectivity index (χ1n) is 6.14. The number of carbonyl (C=O) groups excluding carboxylic acids is 1. The molecule has 1 amide bonds. The van der Waals surface area contributed by atoms with E-state index < -0.39 is 29.2 Å². The van der Waals surface area contributed by atoms with E-state index in [2.05, 4.69) is 5.32 Å². The zero-order valence-electron chi connectivity index (χ0n) is 10.8. The number of benzene rings is 2. The Kier molecular flexibility index (Phi) is 4.57. The summed E-state index contributed by atoms with van der Waals surface area (Å²) in [6.45, 7) is 0. The molecule has 0 bridgehead atoms. The summed E-state index contributed by atoms with van der Waals surface area (Å²) in [4.78, 5) is 11.6. The lowest BCUT2D eigenvalue weighted by Crippen LogP contribution is -2.13. The minimum atomic E-state index is -0.988. The average Bonchev–Trinajstić information content (AvgIpc) is 2.43. The molecule has 0 heterocycles. The number of aryl methyl sites for hydroxylation is 1. The summed E-state index contributed by atoms with van der Waals surface area (Å²) in [7, 11) is 0. The van der Waals surface area contributed by atoms with Crippen molar-refractivity contribution in [2.24, 2.45) is 0 Å². The van der Waals surface area contributed by atoms with E-state index in [9.17, 15) is 22.4 Å². The highest BCUT2D eigenvalue weighted by atomic mass is 19.2. The molecule has 0 spiro atoms.